The smallest absolute Gasteiger partial charge is 0.0679 e. The Kier molecular flexibility index (Phi) is 6.54. The zero-order chi connectivity index (χ0) is 16.9. The first kappa shape index (κ1) is 18.1. The molecule has 0 amide bonds. The number of hydrogen-bond donors (Lipinski definition) is 2. The molecular formula is C19H31N3. The highest BCUT2D eigenvalue weighted by Crippen LogP contribution is 2.33. The van der Waals surface area contributed by atoms with Gasteiger partial charge in [0.2, 0.25) is 0 Å². The minimum atomic E-state index is 0.0784. The lowest BCUT2D eigenvalue weighted by Crippen LogP contribution is -2.36. The van der Waals surface area contributed by atoms with Gasteiger partial charge in [-0.05, 0) is 48.8 Å². The lowest BCUT2D eigenvalue weighted by Gasteiger charge is -2.35. The number of rotatable bonds is 8. The van der Waals surface area contributed by atoms with Gasteiger partial charge in [0.15, 0.2) is 0 Å². The van der Waals surface area contributed by atoms with E-state index < -0.39 is 0 Å². The molecule has 3 heteroatoms. The van der Waals surface area contributed by atoms with E-state index in [1.807, 2.05) is 13.1 Å². The monoisotopic (exact) mass is 301 g/mol. The molecule has 1 aliphatic carbocycles. The summed E-state index contributed by atoms with van der Waals surface area (Å²) in [6.45, 7) is 16.4. The number of allylic oxidation sites excluding steroid dienone is 5. The molecule has 122 valence electrons. The number of likely N-dealkylation sites (N-methyl/N-ethyl adjacent to an activating group) is 1. The highest BCUT2D eigenvalue weighted by atomic mass is 15.2. The van der Waals surface area contributed by atoms with E-state index in [9.17, 15) is 0 Å². The Morgan fingerprint density at radius 1 is 1.36 bits per heavy atom. The summed E-state index contributed by atoms with van der Waals surface area (Å²) >= 11 is 0. The Morgan fingerprint density at radius 3 is 2.50 bits per heavy atom. The van der Waals surface area contributed by atoms with Gasteiger partial charge >= 0.3 is 0 Å². The van der Waals surface area contributed by atoms with Crippen LogP contribution in [0.5, 0.6) is 0 Å². The maximum Gasteiger partial charge on any atom is 0.0679 e. The van der Waals surface area contributed by atoms with Crippen molar-refractivity contribution in [3.05, 3.63) is 60.1 Å². The molecule has 0 aromatic rings. The number of nitrogens with two attached hydrogens (primary N) is 2. The highest BCUT2D eigenvalue weighted by Gasteiger charge is 2.23. The average molecular weight is 301 g/mol. The van der Waals surface area contributed by atoms with Gasteiger partial charge in [-0.3, -0.25) is 0 Å². The molecule has 0 aromatic carbocycles. The van der Waals surface area contributed by atoms with Crippen LogP contribution in [-0.2, 0) is 0 Å². The molecule has 0 aromatic heterocycles. The average Bonchev–Trinajstić information content (AvgIpc) is 2.46. The summed E-state index contributed by atoms with van der Waals surface area (Å²) in [7, 11) is 2.04. The van der Waals surface area contributed by atoms with Crippen molar-refractivity contribution in [3.63, 3.8) is 0 Å². The van der Waals surface area contributed by atoms with Crippen LogP contribution in [-0.4, -0.2) is 18.0 Å². The molecule has 0 radical (unpaired) electrons. The van der Waals surface area contributed by atoms with Gasteiger partial charge in [0.25, 0.3) is 0 Å². The first-order chi connectivity index (χ1) is 10.3. The third-order valence-electron chi connectivity index (χ3n) is 4.29. The summed E-state index contributed by atoms with van der Waals surface area (Å²) in [5.74, 6) is 0.423. The van der Waals surface area contributed by atoms with Crippen molar-refractivity contribution < 1.29 is 0 Å². The quantitative estimate of drug-likeness (QED) is 0.670. The van der Waals surface area contributed by atoms with Crippen molar-refractivity contribution in [2.75, 3.05) is 7.05 Å². The fourth-order valence-electron chi connectivity index (χ4n) is 2.90. The van der Waals surface area contributed by atoms with Crippen LogP contribution in [0.2, 0.25) is 0 Å². The second-order valence-electron chi connectivity index (χ2n) is 6.32. The lowest BCUT2D eigenvalue weighted by molar-refractivity contribution is 0.327. The van der Waals surface area contributed by atoms with Crippen molar-refractivity contribution >= 4 is 0 Å². The Hall–Kier alpha value is -1.90. The molecule has 0 spiro atoms. The van der Waals surface area contributed by atoms with Gasteiger partial charge < -0.3 is 16.4 Å². The zero-order valence-corrected chi connectivity index (χ0v) is 14.4. The molecule has 0 saturated heterocycles. The fourth-order valence-corrected chi connectivity index (χ4v) is 2.90. The van der Waals surface area contributed by atoms with Crippen LogP contribution in [0.1, 0.15) is 39.5 Å². The van der Waals surface area contributed by atoms with Gasteiger partial charge in [-0.2, -0.15) is 0 Å². The third-order valence-corrected chi connectivity index (χ3v) is 4.29. The minimum absolute atomic E-state index is 0.0784. The molecule has 1 unspecified atom stereocenters. The standard InChI is InChI=1S/C19H31N3/c1-7-8-9-19(14(4)20)22(6)15(5)17-11-10-16(21)12-18(17)13(2)3/h7,12-13,19H,1,4-5,8-11,20-21H2,2-3,6H3. The molecule has 1 rings (SSSR count). The minimum Gasteiger partial charge on any atom is -0.402 e. The Bertz CT molecular complexity index is 509. The third kappa shape index (κ3) is 4.30. The first-order valence-corrected chi connectivity index (χ1v) is 7.95. The van der Waals surface area contributed by atoms with E-state index in [4.69, 9.17) is 11.5 Å². The summed E-state index contributed by atoms with van der Waals surface area (Å²) < 4.78 is 0. The molecule has 0 saturated carbocycles. The van der Waals surface area contributed by atoms with Crippen LogP contribution in [0.4, 0.5) is 0 Å². The van der Waals surface area contributed by atoms with Crippen LogP contribution < -0.4 is 11.5 Å². The summed E-state index contributed by atoms with van der Waals surface area (Å²) in [6.07, 6.45) is 7.65. The molecule has 4 N–H and O–H groups in total. The van der Waals surface area contributed by atoms with Crippen molar-refractivity contribution in [2.24, 2.45) is 17.4 Å². The first-order valence-electron chi connectivity index (χ1n) is 7.95. The van der Waals surface area contributed by atoms with Crippen LogP contribution in [0.15, 0.2) is 60.1 Å². The molecule has 0 aliphatic heterocycles. The molecule has 22 heavy (non-hydrogen) atoms. The molecule has 1 atom stereocenters. The van der Waals surface area contributed by atoms with Gasteiger partial charge in [0.05, 0.1) is 6.04 Å². The molecule has 0 fully saturated rings. The van der Waals surface area contributed by atoms with E-state index in [-0.39, 0.29) is 6.04 Å². The Balaban J connectivity index is 3.08. The van der Waals surface area contributed by atoms with Crippen LogP contribution in [0.3, 0.4) is 0 Å². The topological polar surface area (TPSA) is 55.3 Å². The maximum atomic E-state index is 6.01. The van der Waals surface area contributed by atoms with Crippen molar-refractivity contribution in [2.45, 2.75) is 45.6 Å². The van der Waals surface area contributed by atoms with Crippen molar-refractivity contribution in [1.82, 2.24) is 4.90 Å². The van der Waals surface area contributed by atoms with E-state index in [2.05, 4.69) is 44.6 Å². The van der Waals surface area contributed by atoms with E-state index >= 15 is 0 Å². The SMILES string of the molecule is C=CCCC(C(=C)N)N(C)C(=C)C1=C(C(C)C)C=C(N)CC1. The molecule has 0 bridgehead atoms. The molecule has 3 nitrogen and oxygen atoms in total. The predicted molar refractivity (Wildman–Crippen MR) is 96.8 cm³/mol. The van der Waals surface area contributed by atoms with Gasteiger partial charge in [0, 0.05) is 24.1 Å². The summed E-state index contributed by atoms with van der Waals surface area (Å²) in [5.41, 5.74) is 17.2. The highest BCUT2D eigenvalue weighted by molar-refractivity contribution is 5.43. The van der Waals surface area contributed by atoms with Gasteiger partial charge in [-0.15, -0.1) is 6.58 Å². The van der Waals surface area contributed by atoms with E-state index in [0.29, 0.717) is 11.6 Å². The van der Waals surface area contributed by atoms with Crippen LogP contribution in [0, 0.1) is 5.92 Å². The van der Waals surface area contributed by atoms with E-state index in [0.717, 1.165) is 37.1 Å². The van der Waals surface area contributed by atoms with Crippen molar-refractivity contribution in [1.29, 1.82) is 0 Å². The van der Waals surface area contributed by atoms with Gasteiger partial charge in [-0.1, -0.05) is 33.1 Å². The second-order valence-corrected chi connectivity index (χ2v) is 6.32. The van der Waals surface area contributed by atoms with Crippen LogP contribution >= 0.6 is 0 Å². The fraction of sp³-hybridized carbons (Fsp3) is 0.474. The molecular weight excluding hydrogens is 270 g/mol. The number of nitrogens with zero attached hydrogens (tertiary/aromatic N) is 1. The summed E-state index contributed by atoms with van der Waals surface area (Å²) in [4.78, 5) is 2.15. The van der Waals surface area contributed by atoms with Crippen molar-refractivity contribution in [3.8, 4) is 0 Å². The van der Waals surface area contributed by atoms with Crippen LogP contribution in [0.25, 0.3) is 0 Å². The summed E-state index contributed by atoms with van der Waals surface area (Å²) in [6, 6.07) is 0.0784. The number of hydrogen-bond acceptors (Lipinski definition) is 3. The molecule has 1 aliphatic rings. The largest absolute Gasteiger partial charge is 0.402 e. The van der Waals surface area contributed by atoms with E-state index in [1.54, 1.807) is 0 Å². The summed E-state index contributed by atoms with van der Waals surface area (Å²) in [5, 5.41) is 0. The second kappa shape index (κ2) is 7.92. The van der Waals surface area contributed by atoms with Gasteiger partial charge in [-0.25, -0.2) is 0 Å². The predicted octanol–water partition coefficient (Wildman–Crippen LogP) is 3.83. The molecule has 0 heterocycles. The van der Waals surface area contributed by atoms with E-state index in [1.165, 1.54) is 11.1 Å². The normalized spacial score (nSPS) is 16.3. The Labute approximate surface area is 135 Å². The maximum absolute atomic E-state index is 6.01. The van der Waals surface area contributed by atoms with Gasteiger partial charge in [0.1, 0.15) is 0 Å². The lowest BCUT2D eigenvalue weighted by atomic mass is 9.86. The zero-order valence-electron chi connectivity index (χ0n) is 14.4. The Morgan fingerprint density at radius 2 is 2.00 bits per heavy atom.